The molecule has 0 aromatic rings. The van der Waals surface area contributed by atoms with E-state index in [-0.39, 0.29) is 64.2 Å². The molecule has 2 unspecified atom stereocenters. The highest BCUT2D eigenvalue weighted by Gasteiger charge is 2.23. The maximum absolute atomic E-state index is 12.9. The second-order valence-electron chi connectivity index (χ2n) is 15.5. The number of hydrogen-bond donors (Lipinski definition) is 0. The van der Waals surface area contributed by atoms with Crippen molar-refractivity contribution < 1.29 is 52.3 Å². The van der Waals surface area contributed by atoms with Gasteiger partial charge in [0.25, 0.3) is 0 Å². The fourth-order valence-electron chi connectivity index (χ4n) is 6.38. The molecule has 0 aliphatic carbocycles. The molecule has 0 saturated carbocycles. The summed E-state index contributed by atoms with van der Waals surface area (Å²) >= 11 is 0. The third kappa shape index (κ3) is 33.3. The molecule has 0 spiro atoms. The van der Waals surface area contributed by atoms with E-state index in [0.717, 1.165) is 103 Å². The summed E-state index contributed by atoms with van der Waals surface area (Å²) < 4.78 is 39.2. The van der Waals surface area contributed by atoms with Crippen molar-refractivity contribution in [3.8, 4) is 11.8 Å². The summed E-state index contributed by atoms with van der Waals surface area (Å²) in [6.07, 6.45) is 24.3. The molecular weight excluding hydrogens is 767 g/mol. The number of carbonyl (C=O) groups is 4. The van der Waals surface area contributed by atoms with Gasteiger partial charge >= 0.3 is 24.1 Å². The third-order valence-corrected chi connectivity index (χ3v) is 10.0. The molecule has 0 N–H and O–H groups in total. The van der Waals surface area contributed by atoms with Gasteiger partial charge in [-0.1, -0.05) is 83.1 Å². The molecule has 1 aliphatic heterocycles. The second-order valence-corrected chi connectivity index (χ2v) is 15.5. The molecule has 1 saturated heterocycles. The highest BCUT2D eigenvalue weighted by atomic mass is 16.7. The molecule has 344 valence electrons. The number of ether oxygens (including phenoxy) is 7. The average molecular weight is 848 g/mol. The van der Waals surface area contributed by atoms with E-state index in [4.69, 9.17) is 33.2 Å². The van der Waals surface area contributed by atoms with Gasteiger partial charge in [-0.25, -0.2) is 4.79 Å². The van der Waals surface area contributed by atoms with Crippen LogP contribution in [0.3, 0.4) is 0 Å². The summed E-state index contributed by atoms with van der Waals surface area (Å²) in [4.78, 5) is 52.5. The van der Waals surface area contributed by atoms with E-state index >= 15 is 0 Å². The Labute approximate surface area is 363 Å². The van der Waals surface area contributed by atoms with Crippen molar-refractivity contribution >= 4 is 24.1 Å². The zero-order valence-electron chi connectivity index (χ0n) is 37.9. The molecule has 12 nitrogen and oxygen atoms in total. The molecule has 0 aromatic heterocycles. The van der Waals surface area contributed by atoms with Crippen molar-refractivity contribution in [1.82, 2.24) is 4.90 Å². The lowest BCUT2D eigenvalue weighted by Crippen LogP contribution is -2.37. The Morgan fingerprint density at radius 1 is 0.650 bits per heavy atom. The van der Waals surface area contributed by atoms with Crippen LogP contribution in [-0.2, 0) is 47.5 Å². The lowest BCUT2D eigenvalue weighted by atomic mass is 9.99. The average Bonchev–Trinajstić information content (AvgIpc) is 3.25. The van der Waals surface area contributed by atoms with Gasteiger partial charge in [-0.05, 0) is 96.6 Å². The lowest BCUT2D eigenvalue weighted by Gasteiger charge is -2.31. The van der Waals surface area contributed by atoms with Gasteiger partial charge in [0, 0.05) is 51.4 Å². The second kappa shape index (κ2) is 39.7. The van der Waals surface area contributed by atoms with E-state index in [0.29, 0.717) is 32.5 Å². The highest BCUT2D eigenvalue weighted by Crippen LogP contribution is 2.17. The van der Waals surface area contributed by atoms with Crippen molar-refractivity contribution in [1.29, 1.82) is 0 Å². The van der Waals surface area contributed by atoms with Gasteiger partial charge in [0.05, 0.1) is 18.9 Å². The first-order valence-electron chi connectivity index (χ1n) is 23.3. The molecule has 1 fully saturated rings. The number of piperidine rings is 1. The van der Waals surface area contributed by atoms with E-state index in [1.165, 1.54) is 12.8 Å². The number of esters is 3. The molecule has 12 heteroatoms. The van der Waals surface area contributed by atoms with Crippen molar-refractivity contribution in [3.05, 3.63) is 24.3 Å². The molecule has 60 heavy (non-hydrogen) atoms. The molecule has 0 bridgehead atoms. The molecule has 2 atom stereocenters. The predicted octanol–water partition coefficient (Wildman–Crippen LogP) is 10.1. The Bertz CT molecular complexity index is 1200. The normalized spacial score (nSPS) is 14.8. The summed E-state index contributed by atoms with van der Waals surface area (Å²) in [6, 6.07) is 0. The monoisotopic (exact) mass is 848 g/mol. The molecule has 1 heterocycles. The maximum Gasteiger partial charge on any atom is 0.508 e. The van der Waals surface area contributed by atoms with Crippen molar-refractivity contribution in [3.63, 3.8) is 0 Å². The Balaban J connectivity index is 2.62. The van der Waals surface area contributed by atoms with Crippen LogP contribution in [0.15, 0.2) is 24.3 Å². The summed E-state index contributed by atoms with van der Waals surface area (Å²) in [6.45, 7) is 12.4. The van der Waals surface area contributed by atoms with Gasteiger partial charge in [0.2, 0.25) is 0 Å². The molecule has 1 rings (SSSR count). The Morgan fingerprint density at radius 2 is 1.27 bits per heavy atom. The van der Waals surface area contributed by atoms with Crippen LogP contribution in [-0.4, -0.2) is 101 Å². The smallest absolute Gasteiger partial charge is 0.465 e. The lowest BCUT2D eigenvalue weighted by molar-refractivity contribution is -0.161. The quantitative estimate of drug-likeness (QED) is 0.0148. The van der Waals surface area contributed by atoms with Crippen molar-refractivity contribution in [2.45, 2.75) is 169 Å². The molecule has 0 radical (unpaired) electrons. The minimum atomic E-state index is -0.809. The van der Waals surface area contributed by atoms with E-state index in [1.54, 1.807) is 0 Å². The maximum atomic E-state index is 12.9. The van der Waals surface area contributed by atoms with Crippen molar-refractivity contribution in [2.75, 3.05) is 65.9 Å². The number of carbonyl (C=O) groups excluding carboxylic acids is 4. The topological polar surface area (TPSA) is 136 Å². The number of likely N-dealkylation sites (tertiary alicyclic amines) is 1. The van der Waals surface area contributed by atoms with Crippen LogP contribution in [0.25, 0.3) is 0 Å². The number of allylic oxidation sites excluding steroid dienone is 4. The number of rotatable bonds is 36. The van der Waals surface area contributed by atoms with Crippen LogP contribution in [0.4, 0.5) is 4.79 Å². The van der Waals surface area contributed by atoms with E-state index in [9.17, 15) is 19.2 Å². The van der Waals surface area contributed by atoms with Crippen molar-refractivity contribution in [2.24, 2.45) is 11.8 Å². The van der Waals surface area contributed by atoms with Gasteiger partial charge < -0.3 is 38.1 Å². The third-order valence-electron chi connectivity index (χ3n) is 10.0. The Morgan fingerprint density at radius 3 is 1.88 bits per heavy atom. The summed E-state index contributed by atoms with van der Waals surface area (Å²) in [5.41, 5.74) is 0. The van der Waals surface area contributed by atoms with E-state index < -0.39 is 30.3 Å². The number of unbranched alkanes of at least 4 members (excludes halogenated alkanes) is 9. The van der Waals surface area contributed by atoms with Gasteiger partial charge in [0.15, 0.2) is 12.9 Å². The van der Waals surface area contributed by atoms with E-state index in [2.05, 4.69) is 68.7 Å². The fourth-order valence-corrected chi connectivity index (χ4v) is 6.38. The predicted molar refractivity (Wildman–Crippen MR) is 235 cm³/mol. The van der Waals surface area contributed by atoms with Crippen LogP contribution in [0.1, 0.15) is 163 Å². The van der Waals surface area contributed by atoms with Crippen LogP contribution in [0.2, 0.25) is 0 Å². The minimum Gasteiger partial charge on any atom is -0.465 e. The zero-order chi connectivity index (χ0) is 43.7. The first-order chi connectivity index (χ1) is 29.3. The number of hydrogen-bond acceptors (Lipinski definition) is 12. The largest absolute Gasteiger partial charge is 0.508 e. The Kier molecular flexibility index (Phi) is 36.2. The zero-order valence-corrected chi connectivity index (χ0v) is 37.9. The van der Waals surface area contributed by atoms with Gasteiger partial charge in [-0.2, -0.15) is 0 Å². The van der Waals surface area contributed by atoms with Gasteiger partial charge in [0.1, 0.15) is 19.8 Å². The summed E-state index contributed by atoms with van der Waals surface area (Å²) in [5.74, 6) is 4.28. The van der Waals surface area contributed by atoms with Gasteiger partial charge in [-0.15, -0.1) is 0 Å². The molecular formula is C48H81NO11. The fraction of sp³-hybridized carbons (Fsp3) is 0.792. The first kappa shape index (κ1) is 54.6. The Hall–Kier alpha value is -3.40. The standard InChI is InChI=1S/C48H81NO11/c1-5-9-12-15-18-21-24-34-54-44(50)29-22-23-30-45(51)57-39-43(41-60-48(53)59-38-42-28-27-33-49(8-4)37-42)40-58-46(52)31-32-47(55-35-25-19-16-13-10-6-2)56-36-26-20-17-14-11-7-3/h10-11,13-14,42-43,47H,5-9,12,15-20,22-23,25-41H2,1-4H3/b13-10-,14-11-. The van der Waals surface area contributed by atoms with Crippen LogP contribution in [0, 0.1) is 23.7 Å². The van der Waals surface area contributed by atoms with Crippen LogP contribution in [0.5, 0.6) is 0 Å². The SMILES string of the molecule is CC/C=C\CCCCOC(CCC(=O)OCC(COC(=O)CCCCC(=O)OCC#CCCCCCC)COC(=O)OCC1CCCN(CC)C1)OCCCC/C=C\CC. The molecule has 0 amide bonds. The number of nitrogens with zero attached hydrogens (tertiary/aromatic N) is 1. The molecule has 1 aliphatic rings. The summed E-state index contributed by atoms with van der Waals surface area (Å²) in [5, 5.41) is 0. The van der Waals surface area contributed by atoms with Crippen LogP contribution >= 0.6 is 0 Å². The van der Waals surface area contributed by atoms with Gasteiger partial charge in [-0.3, -0.25) is 14.4 Å². The molecule has 0 aromatic carbocycles. The first-order valence-corrected chi connectivity index (χ1v) is 23.3. The minimum absolute atomic E-state index is 0.0722. The highest BCUT2D eigenvalue weighted by molar-refractivity contribution is 5.71. The van der Waals surface area contributed by atoms with E-state index in [1.807, 2.05) is 0 Å². The summed E-state index contributed by atoms with van der Waals surface area (Å²) in [7, 11) is 0. The van der Waals surface area contributed by atoms with Crippen LogP contribution < -0.4 is 0 Å².